The number of benzene rings is 1. The summed E-state index contributed by atoms with van der Waals surface area (Å²) in [6.45, 7) is 2.48. The Morgan fingerprint density at radius 1 is 1.35 bits per heavy atom. The van der Waals surface area contributed by atoms with Crippen LogP contribution in [0.3, 0.4) is 0 Å². The van der Waals surface area contributed by atoms with Crippen molar-refractivity contribution in [1.82, 2.24) is 5.32 Å². The van der Waals surface area contributed by atoms with Crippen LogP contribution in [0.1, 0.15) is 12.0 Å². The maximum Gasteiger partial charge on any atom is 0.246 e. The highest BCUT2D eigenvalue weighted by atomic mass is 79.9. The van der Waals surface area contributed by atoms with E-state index in [4.69, 9.17) is 0 Å². The van der Waals surface area contributed by atoms with E-state index in [9.17, 15) is 9.59 Å². The normalized spacial score (nSPS) is 16.7. The van der Waals surface area contributed by atoms with Gasteiger partial charge >= 0.3 is 0 Å². The van der Waals surface area contributed by atoms with Gasteiger partial charge in [0.2, 0.25) is 11.8 Å². The SMILES string of the molecule is Cc1ccc(N2CCC(=O)NCC2=O)c(Br)c1. The summed E-state index contributed by atoms with van der Waals surface area (Å²) in [6, 6.07) is 5.81. The van der Waals surface area contributed by atoms with Crippen molar-refractivity contribution in [3.8, 4) is 0 Å². The summed E-state index contributed by atoms with van der Waals surface area (Å²) in [5.41, 5.74) is 1.94. The highest BCUT2D eigenvalue weighted by Crippen LogP contribution is 2.27. The van der Waals surface area contributed by atoms with Gasteiger partial charge in [0.1, 0.15) is 0 Å². The van der Waals surface area contributed by atoms with Crippen molar-refractivity contribution in [2.24, 2.45) is 0 Å². The van der Waals surface area contributed by atoms with Crippen LogP contribution in [0.4, 0.5) is 5.69 Å². The van der Waals surface area contributed by atoms with Crippen molar-refractivity contribution in [3.63, 3.8) is 0 Å². The minimum atomic E-state index is -0.0830. The van der Waals surface area contributed by atoms with Gasteiger partial charge in [0.25, 0.3) is 0 Å². The average molecular weight is 297 g/mol. The van der Waals surface area contributed by atoms with E-state index < -0.39 is 0 Å². The van der Waals surface area contributed by atoms with Gasteiger partial charge in [-0.2, -0.15) is 0 Å². The van der Waals surface area contributed by atoms with Gasteiger partial charge < -0.3 is 10.2 Å². The van der Waals surface area contributed by atoms with Crippen LogP contribution in [0.15, 0.2) is 22.7 Å². The van der Waals surface area contributed by atoms with Crippen molar-refractivity contribution in [2.45, 2.75) is 13.3 Å². The number of nitrogens with one attached hydrogen (secondary N) is 1. The van der Waals surface area contributed by atoms with Crippen molar-refractivity contribution < 1.29 is 9.59 Å². The van der Waals surface area contributed by atoms with E-state index in [1.165, 1.54) is 0 Å². The Balaban J connectivity index is 2.31. The van der Waals surface area contributed by atoms with E-state index in [2.05, 4.69) is 21.2 Å². The van der Waals surface area contributed by atoms with E-state index in [0.29, 0.717) is 13.0 Å². The summed E-state index contributed by atoms with van der Waals surface area (Å²) in [5.74, 6) is -0.163. The number of halogens is 1. The molecule has 1 heterocycles. The molecule has 1 aromatic carbocycles. The first-order valence-electron chi connectivity index (χ1n) is 5.41. The van der Waals surface area contributed by atoms with Gasteiger partial charge in [-0.1, -0.05) is 6.07 Å². The Hall–Kier alpha value is -1.36. The second-order valence-electron chi connectivity index (χ2n) is 4.03. The van der Waals surface area contributed by atoms with E-state index in [0.717, 1.165) is 15.7 Å². The summed E-state index contributed by atoms with van der Waals surface area (Å²) in [7, 11) is 0. The highest BCUT2D eigenvalue weighted by Gasteiger charge is 2.22. The van der Waals surface area contributed by atoms with Gasteiger partial charge in [-0.3, -0.25) is 9.59 Å². The number of carbonyl (C=O) groups excluding carboxylic acids is 2. The lowest BCUT2D eigenvalue weighted by atomic mass is 10.2. The second kappa shape index (κ2) is 4.87. The summed E-state index contributed by atoms with van der Waals surface area (Å²) >= 11 is 3.45. The predicted molar refractivity (Wildman–Crippen MR) is 68.9 cm³/mol. The van der Waals surface area contributed by atoms with E-state index in [-0.39, 0.29) is 18.4 Å². The number of anilines is 1. The number of carbonyl (C=O) groups is 2. The third-order valence-electron chi connectivity index (χ3n) is 2.69. The van der Waals surface area contributed by atoms with Crippen molar-refractivity contribution >= 4 is 33.4 Å². The molecule has 0 spiro atoms. The molecule has 4 nitrogen and oxygen atoms in total. The second-order valence-corrected chi connectivity index (χ2v) is 4.88. The molecule has 17 heavy (non-hydrogen) atoms. The highest BCUT2D eigenvalue weighted by molar-refractivity contribution is 9.10. The number of amides is 2. The van der Waals surface area contributed by atoms with Gasteiger partial charge in [-0.05, 0) is 40.5 Å². The Labute approximate surface area is 108 Å². The molecule has 2 amide bonds. The van der Waals surface area contributed by atoms with Gasteiger partial charge in [0.05, 0.1) is 12.2 Å². The van der Waals surface area contributed by atoms with Crippen LogP contribution >= 0.6 is 15.9 Å². The molecular formula is C12H13BrN2O2. The molecule has 90 valence electrons. The molecule has 0 unspecified atom stereocenters. The third-order valence-corrected chi connectivity index (χ3v) is 3.33. The Kier molecular flexibility index (Phi) is 3.47. The molecule has 2 rings (SSSR count). The van der Waals surface area contributed by atoms with Crippen molar-refractivity contribution in [2.75, 3.05) is 18.0 Å². The van der Waals surface area contributed by atoms with Crippen LogP contribution in [-0.4, -0.2) is 24.9 Å². The maximum absolute atomic E-state index is 11.9. The molecule has 0 radical (unpaired) electrons. The molecule has 5 heteroatoms. The standard InChI is InChI=1S/C12H13BrN2O2/c1-8-2-3-10(9(13)6-8)15-5-4-11(16)14-7-12(15)17/h2-3,6H,4-5,7H2,1H3,(H,14,16). The lowest BCUT2D eigenvalue weighted by Gasteiger charge is -2.21. The molecule has 0 aliphatic carbocycles. The van der Waals surface area contributed by atoms with E-state index in [1.54, 1.807) is 4.90 Å². The Bertz CT molecular complexity index is 474. The maximum atomic E-state index is 11.9. The zero-order chi connectivity index (χ0) is 12.4. The van der Waals surface area contributed by atoms with Crippen LogP contribution in [-0.2, 0) is 9.59 Å². The number of aryl methyl sites for hydroxylation is 1. The monoisotopic (exact) mass is 296 g/mol. The molecule has 1 N–H and O–H groups in total. The fraction of sp³-hybridized carbons (Fsp3) is 0.333. The van der Waals surface area contributed by atoms with Crippen LogP contribution in [0.25, 0.3) is 0 Å². The fourth-order valence-corrected chi connectivity index (χ4v) is 2.49. The van der Waals surface area contributed by atoms with E-state index >= 15 is 0 Å². The molecule has 1 saturated heterocycles. The van der Waals surface area contributed by atoms with Gasteiger partial charge in [0.15, 0.2) is 0 Å². The van der Waals surface area contributed by atoms with Gasteiger partial charge in [0, 0.05) is 17.4 Å². The minimum Gasteiger partial charge on any atom is -0.347 e. The lowest BCUT2D eigenvalue weighted by molar-refractivity contribution is -0.123. The zero-order valence-electron chi connectivity index (χ0n) is 9.50. The first-order chi connectivity index (χ1) is 8.08. The van der Waals surface area contributed by atoms with Crippen LogP contribution in [0, 0.1) is 6.92 Å². The van der Waals surface area contributed by atoms with Crippen LogP contribution in [0.5, 0.6) is 0 Å². The molecule has 1 aliphatic heterocycles. The summed E-state index contributed by atoms with van der Waals surface area (Å²) in [4.78, 5) is 24.8. The molecule has 0 aromatic heterocycles. The number of rotatable bonds is 1. The fourth-order valence-electron chi connectivity index (χ4n) is 1.78. The third kappa shape index (κ3) is 2.66. The largest absolute Gasteiger partial charge is 0.347 e. The number of nitrogens with zero attached hydrogens (tertiary/aromatic N) is 1. The summed E-state index contributed by atoms with van der Waals surface area (Å²) in [6.07, 6.45) is 0.339. The van der Waals surface area contributed by atoms with E-state index in [1.807, 2.05) is 25.1 Å². The molecule has 0 bridgehead atoms. The Morgan fingerprint density at radius 3 is 2.82 bits per heavy atom. The summed E-state index contributed by atoms with van der Waals surface area (Å²) in [5, 5.41) is 2.58. The lowest BCUT2D eigenvalue weighted by Crippen LogP contribution is -2.35. The predicted octanol–water partition coefficient (Wildman–Crippen LogP) is 1.61. The minimum absolute atomic E-state index is 0.0686. The first-order valence-corrected chi connectivity index (χ1v) is 6.20. The molecule has 0 atom stereocenters. The van der Waals surface area contributed by atoms with Crippen LogP contribution in [0.2, 0.25) is 0 Å². The molecular weight excluding hydrogens is 284 g/mol. The topological polar surface area (TPSA) is 49.4 Å². The van der Waals surface area contributed by atoms with Crippen LogP contribution < -0.4 is 10.2 Å². The van der Waals surface area contributed by atoms with Gasteiger partial charge in [-0.15, -0.1) is 0 Å². The van der Waals surface area contributed by atoms with Gasteiger partial charge in [-0.25, -0.2) is 0 Å². The molecule has 1 aliphatic rings. The average Bonchev–Trinajstić information content (AvgIpc) is 2.43. The summed E-state index contributed by atoms with van der Waals surface area (Å²) < 4.78 is 0.875. The number of hydrogen-bond acceptors (Lipinski definition) is 2. The van der Waals surface area contributed by atoms with Crippen molar-refractivity contribution in [3.05, 3.63) is 28.2 Å². The first kappa shape index (κ1) is 12.1. The molecule has 1 fully saturated rings. The molecule has 0 saturated carbocycles. The smallest absolute Gasteiger partial charge is 0.246 e. The number of hydrogen-bond donors (Lipinski definition) is 1. The Morgan fingerprint density at radius 2 is 2.12 bits per heavy atom. The zero-order valence-corrected chi connectivity index (χ0v) is 11.1. The van der Waals surface area contributed by atoms with Crippen molar-refractivity contribution in [1.29, 1.82) is 0 Å². The quantitative estimate of drug-likeness (QED) is 0.856. The molecule has 1 aromatic rings.